The molecule has 0 saturated carbocycles. The number of hydrogen-bond acceptors (Lipinski definition) is 2. The molecule has 0 aromatic rings. The summed E-state index contributed by atoms with van der Waals surface area (Å²) in [7, 11) is 0. The van der Waals surface area contributed by atoms with E-state index in [0.717, 1.165) is 19.8 Å². The van der Waals surface area contributed by atoms with Crippen LogP contribution in [0.4, 0.5) is 0 Å². The third-order valence-corrected chi connectivity index (χ3v) is 3.29. The highest BCUT2D eigenvalue weighted by Gasteiger charge is 2.00. The summed E-state index contributed by atoms with van der Waals surface area (Å²) in [6.07, 6.45) is 14.5. The van der Waals surface area contributed by atoms with Crippen molar-refractivity contribution in [3.8, 4) is 0 Å². The van der Waals surface area contributed by atoms with Gasteiger partial charge in [0.2, 0.25) is 0 Å². The van der Waals surface area contributed by atoms with Gasteiger partial charge in [-0.15, -0.1) is 0 Å². The topological polar surface area (TPSA) is 18.5 Å². The van der Waals surface area contributed by atoms with E-state index < -0.39 is 0 Å². The SMILES string of the molecule is C[CH]COC(C)COCCCCCCCCCCC. The number of ether oxygens (including phenoxy) is 2. The van der Waals surface area contributed by atoms with E-state index in [-0.39, 0.29) is 6.10 Å². The molecule has 1 radical (unpaired) electrons. The highest BCUT2D eigenvalue weighted by atomic mass is 16.5. The summed E-state index contributed by atoms with van der Waals surface area (Å²) < 4.78 is 11.1. The van der Waals surface area contributed by atoms with E-state index in [0.29, 0.717) is 0 Å². The maximum absolute atomic E-state index is 5.61. The Balaban J connectivity index is 3.02. The molecule has 0 heterocycles. The van der Waals surface area contributed by atoms with Gasteiger partial charge in [-0.2, -0.15) is 0 Å². The molecule has 0 spiro atoms. The summed E-state index contributed by atoms with van der Waals surface area (Å²) in [5.41, 5.74) is 0. The summed E-state index contributed by atoms with van der Waals surface area (Å²) in [4.78, 5) is 0. The Morgan fingerprint density at radius 3 is 2.05 bits per heavy atom. The van der Waals surface area contributed by atoms with Crippen LogP contribution < -0.4 is 0 Å². The van der Waals surface area contributed by atoms with Gasteiger partial charge >= 0.3 is 0 Å². The highest BCUT2D eigenvalue weighted by molar-refractivity contribution is 4.55. The first-order valence-corrected chi connectivity index (χ1v) is 8.28. The largest absolute Gasteiger partial charge is 0.379 e. The molecule has 2 nitrogen and oxygen atoms in total. The van der Waals surface area contributed by atoms with Crippen LogP contribution in [0.15, 0.2) is 0 Å². The molecule has 0 amide bonds. The third-order valence-electron chi connectivity index (χ3n) is 3.29. The molecule has 0 aliphatic heterocycles. The standard InChI is InChI=1S/C17H35O2/c1-4-6-7-8-9-10-11-12-13-15-18-16-17(3)19-14-5-2/h5,17H,4,6-16H2,1-3H3. The molecule has 0 N–H and O–H groups in total. The molecule has 19 heavy (non-hydrogen) atoms. The molecule has 115 valence electrons. The van der Waals surface area contributed by atoms with Gasteiger partial charge in [0.15, 0.2) is 0 Å². The van der Waals surface area contributed by atoms with Crippen LogP contribution in [-0.2, 0) is 9.47 Å². The highest BCUT2D eigenvalue weighted by Crippen LogP contribution is 2.09. The van der Waals surface area contributed by atoms with E-state index in [1.165, 1.54) is 57.8 Å². The van der Waals surface area contributed by atoms with Crippen molar-refractivity contribution in [2.24, 2.45) is 0 Å². The summed E-state index contributed by atoms with van der Waals surface area (Å²) in [6, 6.07) is 0. The van der Waals surface area contributed by atoms with Gasteiger partial charge in [0.25, 0.3) is 0 Å². The van der Waals surface area contributed by atoms with Gasteiger partial charge in [-0.25, -0.2) is 0 Å². The first-order chi connectivity index (χ1) is 9.31. The van der Waals surface area contributed by atoms with Crippen molar-refractivity contribution in [2.75, 3.05) is 19.8 Å². The first kappa shape index (κ1) is 18.9. The lowest BCUT2D eigenvalue weighted by atomic mass is 10.1. The molecule has 0 saturated heterocycles. The monoisotopic (exact) mass is 271 g/mol. The van der Waals surface area contributed by atoms with Crippen molar-refractivity contribution in [1.29, 1.82) is 0 Å². The minimum Gasteiger partial charge on any atom is -0.379 e. The van der Waals surface area contributed by atoms with Crippen molar-refractivity contribution in [1.82, 2.24) is 0 Å². The molecule has 2 heteroatoms. The molecule has 0 rings (SSSR count). The van der Waals surface area contributed by atoms with Crippen molar-refractivity contribution < 1.29 is 9.47 Å². The predicted molar refractivity (Wildman–Crippen MR) is 83.4 cm³/mol. The molecule has 0 fully saturated rings. The summed E-state index contributed by atoms with van der Waals surface area (Å²) in [6.45, 7) is 8.69. The normalized spacial score (nSPS) is 12.8. The zero-order valence-electron chi connectivity index (χ0n) is 13.5. The maximum Gasteiger partial charge on any atom is 0.0780 e. The van der Waals surface area contributed by atoms with Crippen LogP contribution in [0.2, 0.25) is 0 Å². The Labute approximate surface area is 121 Å². The zero-order chi connectivity index (χ0) is 14.2. The van der Waals surface area contributed by atoms with E-state index in [1.807, 2.05) is 13.3 Å². The minimum absolute atomic E-state index is 0.217. The Kier molecular flexibility index (Phi) is 15.9. The fourth-order valence-electron chi connectivity index (χ4n) is 2.07. The van der Waals surface area contributed by atoms with Crippen LogP contribution in [0, 0.1) is 6.42 Å². The lowest BCUT2D eigenvalue weighted by Crippen LogP contribution is -2.17. The second-order valence-corrected chi connectivity index (χ2v) is 5.46. The molecular weight excluding hydrogens is 236 g/mol. The van der Waals surface area contributed by atoms with Gasteiger partial charge in [-0.05, 0) is 19.8 Å². The van der Waals surface area contributed by atoms with Crippen molar-refractivity contribution in [2.45, 2.75) is 84.7 Å². The van der Waals surface area contributed by atoms with E-state index in [4.69, 9.17) is 9.47 Å². The molecule has 1 atom stereocenters. The van der Waals surface area contributed by atoms with Gasteiger partial charge in [-0.3, -0.25) is 0 Å². The fourth-order valence-corrected chi connectivity index (χ4v) is 2.07. The van der Waals surface area contributed by atoms with Crippen molar-refractivity contribution >= 4 is 0 Å². The molecule has 0 aliphatic rings. The third kappa shape index (κ3) is 15.9. The average molecular weight is 271 g/mol. The lowest BCUT2D eigenvalue weighted by Gasteiger charge is -2.12. The van der Waals surface area contributed by atoms with E-state index in [2.05, 4.69) is 13.8 Å². The second-order valence-electron chi connectivity index (χ2n) is 5.46. The van der Waals surface area contributed by atoms with Gasteiger partial charge in [0.05, 0.1) is 12.7 Å². The quantitative estimate of drug-likeness (QED) is 0.383. The van der Waals surface area contributed by atoms with Crippen LogP contribution in [-0.4, -0.2) is 25.9 Å². The zero-order valence-corrected chi connectivity index (χ0v) is 13.5. The van der Waals surface area contributed by atoms with Crippen molar-refractivity contribution in [3.05, 3.63) is 6.42 Å². The Morgan fingerprint density at radius 2 is 1.47 bits per heavy atom. The lowest BCUT2D eigenvalue weighted by molar-refractivity contribution is 0.000485. The van der Waals surface area contributed by atoms with E-state index in [9.17, 15) is 0 Å². The van der Waals surface area contributed by atoms with Crippen molar-refractivity contribution in [3.63, 3.8) is 0 Å². The minimum atomic E-state index is 0.217. The van der Waals surface area contributed by atoms with Crippen LogP contribution >= 0.6 is 0 Å². The first-order valence-electron chi connectivity index (χ1n) is 8.28. The second kappa shape index (κ2) is 16.0. The van der Waals surface area contributed by atoms with Crippen LogP contribution in [0.3, 0.4) is 0 Å². The van der Waals surface area contributed by atoms with Gasteiger partial charge in [0, 0.05) is 13.2 Å². The van der Waals surface area contributed by atoms with Gasteiger partial charge in [-0.1, -0.05) is 65.2 Å². The summed E-state index contributed by atoms with van der Waals surface area (Å²) in [5.74, 6) is 0. The Morgan fingerprint density at radius 1 is 0.895 bits per heavy atom. The predicted octanol–water partition coefficient (Wildman–Crippen LogP) is 5.16. The smallest absolute Gasteiger partial charge is 0.0780 e. The molecule has 0 aromatic carbocycles. The molecule has 0 aliphatic carbocycles. The van der Waals surface area contributed by atoms with E-state index >= 15 is 0 Å². The van der Waals surface area contributed by atoms with Gasteiger partial charge in [0.1, 0.15) is 0 Å². The van der Waals surface area contributed by atoms with Crippen LogP contribution in [0.1, 0.15) is 78.6 Å². The molecule has 0 bridgehead atoms. The molecule has 0 aromatic heterocycles. The van der Waals surface area contributed by atoms with Gasteiger partial charge < -0.3 is 9.47 Å². The number of rotatable bonds is 15. The Hall–Kier alpha value is -0.0800. The summed E-state index contributed by atoms with van der Waals surface area (Å²) in [5, 5.41) is 0. The van der Waals surface area contributed by atoms with E-state index in [1.54, 1.807) is 0 Å². The summed E-state index contributed by atoms with van der Waals surface area (Å²) >= 11 is 0. The number of unbranched alkanes of at least 4 members (excludes halogenated alkanes) is 8. The molecule has 1 unspecified atom stereocenters. The van der Waals surface area contributed by atoms with Crippen LogP contribution in [0.5, 0.6) is 0 Å². The maximum atomic E-state index is 5.61. The number of hydrogen-bond donors (Lipinski definition) is 0. The fraction of sp³-hybridized carbons (Fsp3) is 0.941. The average Bonchev–Trinajstić information content (AvgIpc) is 2.42. The Bertz CT molecular complexity index is 159. The molecular formula is C17H35O2. The van der Waals surface area contributed by atoms with Crippen LogP contribution in [0.25, 0.3) is 0 Å².